The van der Waals surface area contributed by atoms with Crippen LogP contribution in [0.15, 0.2) is 0 Å². The van der Waals surface area contributed by atoms with Crippen LogP contribution in [-0.2, 0) is 6.42 Å². The van der Waals surface area contributed by atoms with Crippen LogP contribution < -0.4 is 4.74 Å². The van der Waals surface area contributed by atoms with Crippen LogP contribution in [-0.4, -0.2) is 16.7 Å². The van der Waals surface area contributed by atoms with E-state index in [0.29, 0.717) is 5.56 Å². The maximum atomic E-state index is 11.8. The van der Waals surface area contributed by atoms with Crippen molar-refractivity contribution < 1.29 is 14.6 Å². The summed E-state index contributed by atoms with van der Waals surface area (Å²) in [6, 6.07) is 0. The van der Waals surface area contributed by atoms with Crippen LogP contribution in [0.3, 0.4) is 0 Å². The molecule has 33 heavy (non-hydrogen) atoms. The van der Waals surface area contributed by atoms with Gasteiger partial charge in [-0.05, 0) is 93.4 Å². The number of carbonyl (C=O) groups is 1. The fraction of sp³-hybridized carbons (Fsp3) is 0.767. The summed E-state index contributed by atoms with van der Waals surface area (Å²) in [6.45, 7) is 17.6. The maximum absolute atomic E-state index is 11.8. The number of rotatable bonds is 13. The smallest absolute Gasteiger partial charge is 0.336 e. The van der Waals surface area contributed by atoms with Crippen LogP contribution in [0.25, 0.3) is 0 Å². The van der Waals surface area contributed by atoms with Crippen LogP contribution in [0.1, 0.15) is 131 Å². The summed E-state index contributed by atoms with van der Waals surface area (Å²) in [5.74, 6) is 2.59. The van der Waals surface area contributed by atoms with E-state index >= 15 is 0 Å². The number of fused-ring (bicyclic) bond motifs is 1. The van der Waals surface area contributed by atoms with Gasteiger partial charge in [-0.1, -0.05) is 72.6 Å². The summed E-state index contributed by atoms with van der Waals surface area (Å²) >= 11 is 0. The molecule has 1 aliphatic rings. The summed E-state index contributed by atoms with van der Waals surface area (Å²) in [5.41, 5.74) is 4.14. The molecule has 0 bridgehead atoms. The van der Waals surface area contributed by atoms with Gasteiger partial charge >= 0.3 is 5.97 Å². The van der Waals surface area contributed by atoms with E-state index in [0.717, 1.165) is 65.0 Å². The molecule has 188 valence electrons. The zero-order valence-electron chi connectivity index (χ0n) is 22.8. The molecule has 1 N–H and O–H groups in total. The molecule has 0 spiro atoms. The molecule has 0 saturated heterocycles. The predicted molar refractivity (Wildman–Crippen MR) is 140 cm³/mol. The summed E-state index contributed by atoms with van der Waals surface area (Å²) < 4.78 is 6.60. The molecule has 3 nitrogen and oxygen atoms in total. The minimum absolute atomic E-state index is 0.147. The van der Waals surface area contributed by atoms with Crippen LogP contribution in [0.5, 0.6) is 5.75 Å². The molecule has 2 rings (SSSR count). The van der Waals surface area contributed by atoms with Crippen molar-refractivity contribution in [1.29, 1.82) is 0 Å². The van der Waals surface area contributed by atoms with Gasteiger partial charge in [0.1, 0.15) is 11.4 Å². The molecule has 1 heterocycles. The Morgan fingerprint density at radius 1 is 0.879 bits per heavy atom. The topological polar surface area (TPSA) is 46.5 Å². The third-order valence-electron chi connectivity index (χ3n) is 8.12. The first-order valence-corrected chi connectivity index (χ1v) is 13.5. The van der Waals surface area contributed by atoms with Gasteiger partial charge < -0.3 is 9.84 Å². The highest BCUT2D eigenvalue weighted by atomic mass is 16.5. The first-order valence-electron chi connectivity index (χ1n) is 13.5. The Balaban J connectivity index is 1.81. The van der Waals surface area contributed by atoms with Crippen molar-refractivity contribution in [2.75, 3.05) is 0 Å². The fourth-order valence-corrected chi connectivity index (χ4v) is 5.61. The van der Waals surface area contributed by atoms with Gasteiger partial charge in [-0.25, -0.2) is 4.79 Å². The Morgan fingerprint density at radius 2 is 1.42 bits per heavy atom. The summed E-state index contributed by atoms with van der Waals surface area (Å²) in [5, 5.41) is 9.65. The lowest BCUT2D eigenvalue weighted by molar-refractivity contribution is 0.0512. The number of carboxylic acid groups (broad SMARTS) is 1. The van der Waals surface area contributed by atoms with Gasteiger partial charge in [-0.3, -0.25) is 0 Å². The Bertz CT molecular complexity index is 794. The van der Waals surface area contributed by atoms with Crippen molar-refractivity contribution in [2.24, 2.45) is 17.8 Å². The summed E-state index contributed by atoms with van der Waals surface area (Å²) in [4.78, 5) is 11.8. The summed E-state index contributed by atoms with van der Waals surface area (Å²) in [7, 11) is 0. The normalized spacial score (nSPS) is 19.8. The standard InChI is InChI=1S/C30H50O3/c1-20(2)12-9-13-21(3)14-10-15-22(4)16-11-18-30(8)19-17-26-25(7)27(29(31)32)23(5)24(6)28(26)33-30/h20-22H,9-19H2,1-8H3,(H,31,32). The van der Waals surface area contributed by atoms with Crippen molar-refractivity contribution >= 4 is 5.97 Å². The number of carboxylic acids is 1. The van der Waals surface area contributed by atoms with E-state index in [9.17, 15) is 9.90 Å². The molecule has 0 aromatic heterocycles. The second-order valence-corrected chi connectivity index (χ2v) is 11.8. The molecule has 3 unspecified atom stereocenters. The lowest BCUT2D eigenvalue weighted by Gasteiger charge is -2.38. The quantitative estimate of drug-likeness (QED) is 0.321. The average molecular weight is 459 g/mol. The van der Waals surface area contributed by atoms with Crippen LogP contribution >= 0.6 is 0 Å². The molecule has 1 aliphatic heterocycles. The van der Waals surface area contributed by atoms with Crippen molar-refractivity contribution in [3.63, 3.8) is 0 Å². The van der Waals surface area contributed by atoms with Crippen molar-refractivity contribution in [1.82, 2.24) is 0 Å². The first-order chi connectivity index (χ1) is 15.4. The van der Waals surface area contributed by atoms with E-state index in [1.54, 1.807) is 0 Å². The van der Waals surface area contributed by atoms with Gasteiger partial charge in [-0.15, -0.1) is 0 Å². The van der Waals surface area contributed by atoms with E-state index in [1.165, 1.54) is 51.4 Å². The minimum Gasteiger partial charge on any atom is -0.487 e. The Morgan fingerprint density at radius 3 is 1.97 bits per heavy atom. The molecule has 0 aliphatic carbocycles. The second kappa shape index (κ2) is 12.3. The van der Waals surface area contributed by atoms with Gasteiger partial charge in [0.2, 0.25) is 0 Å². The average Bonchev–Trinajstić information content (AvgIpc) is 2.71. The van der Waals surface area contributed by atoms with Crippen molar-refractivity contribution in [3.05, 3.63) is 27.8 Å². The van der Waals surface area contributed by atoms with Gasteiger partial charge in [0.25, 0.3) is 0 Å². The van der Waals surface area contributed by atoms with Crippen LogP contribution in [0, 0.1) is 38.5 Å². The molecule has 0 fully saturated rings. The SMILES string of the molecule is Cc1c(C)c(C(=O)O)c(C)c2c1OC(C)(CCCC(C)CCCC(C)CCCC(C)C)CC2. The maximum Gasteiger partial charge on any atom is 0.336 e. The molecule has 0 radical (unpaired) electrons. The lowest BCUT2D eigenvalue weighted by atomic mass is 9.82. The molecular formula is C30H50O3. The fourth-order valence-electron chi connectivity index (χ4n) is 5.61. The molecule has 0 saturated carbocycles. The molecule has 1 aromatic carbocycles. The van der Waals surface area contributed by atoms with Crippen LogP contribution in [0.4, 0.5) is 0 Å². The van der Waals surface area contributed by atoms with Crippen LogP contribution in [0.2, 0.25) is 0 Å². The zero-order chi connectivity index (χ0) is 24.8. The molecule has 1 aromatic rings. The Hall–Kier alpha value is -1.51. The van der Waals surface area contributed by atoms with Crippen molar-refractivity contribution in [3.8, 4) is 5.75 Å². The Kier molecular flexibility index (Phi) is 10.3. The monoisotopic (exact) mass is 458 g/mol. The highest BCUT2D eigenvalue weighted by molar-refractivity contribution is 5.92. The van der Waals surface area contributed by atoms with Gasteiger partial charge in [0.05, 0.1) is 5.56 Å². The van der Waals surface area contributed by atoms with Gasteiger partial charge in [-0.2, -0.15) is 0 Å². The van der Waals surface area contributed by atoms with E-state index in [4.69, 9.17) is 4.74 Å². The van der Waals surface area contributed by atoms with E-state index < -0.39 is 5.97 Å². The van der Waals surface area contributed by atoms with E-state index in [-0.39, 0.29) is 5.60 Å². The number of hydrogen-bond acceptors (Lipinski definition) is 2. The molecule has 0 amide bonds. The minimum atomic E-state index is -0.830. The number of benzene rings is 1. The third-order valence-corrected chi connectivity index (χ3v) is 8.12. The zero-order valence-corrected chi connectivity index (χ0v) is 22.8. The van der Waals surface area contributed by atoms with Gasteiger partial charge in [0, 0.05) is 0 Å². The number of aromatic carboxylic acids is 1. The third kappa shape index (κ3) is 7.76. The van der Waals surface area contributed by atoms with E-state index in [2.05, 4.69) is 34.6 Å². The lowest BCUT2D eigenvalue weighted by Crippen LogP contribution is -2.37. The van der Waals surface area contributed by atoms with Gasteiger partial charge in [0.15, 0.2) is 0 Å². The highest BCUT2D eigenvalue weighted by Crippen LogP contribution is 2.42. The highest BCUT2D eigenvalue weighted by Gasteiger charge is 2.34. The molecule has 3 heteroatoms. The molecular weight excluding hydrogens is 408 g/mol. The second-order valence-electron chi connectivity index (χ2n) is 11.8. The Labute approximate surface area is 203 Å². The number of ether oxygens (including phenoxy) is 1. The largest absolute Gasteiger partial charge is 0.487 e. The first kappa shape index (κ1) is 27.7. The van der Waals surface area contributed by atoms with Crippen molar-refractivity contribution in [2.45, 2.75) is 132 Å². The van der Waals surface area contributed by atoms with E-state index in [1.807, 2.05) is 20.8 Å². The predicted octanol–water partition coefficient (Wildman–Crippen LogP) is 8.83. The summed E-state index contributed by atoms with van der Waals surface area (Å²) in [6.07, 6.45) is 13.6. The number of hydrogen-bond donors (Lipinski definition) is 1. The molecule has 3 atom stereocenters.